The molecule has 0 unspecified atom stereocenters. The molecule has 0 atom stereocenters. The van der Waals surface area contributed by atoms with Gasteiger partial charge in [0.15, 0.2) is 0 Å². The van der Waals surface area contributed by atoms with E-state index in [9.17, 15) is 4.79 Å². The van der Waals surface area contributed by atoms with Crippen LogP contribution in [0.5, 0.6) is 23.0 Å². The maximum atomic E-state index is 12.7. The Kier molecular flexibility index (Phi) is 7.59. The van der Waals surface area contributed by atoms with Crippen molar-refractivity contribution in [3.8, 4) is 35.1 Å². The zero-order valence-electron chi connectivity index (χ0n) is 20.0. The molecule has 0 radical (unpaired) electrons. The number of hydrogen-bond acceptors (Lipinski definition) is 5. The number of amides is 2. The molecule has 2 N–H and O–H groups in total. The summed E-state index contributed by atoms with van der Waals surface area (Å²) in [5.74, 6) is 2.17. The fraction of sp³-hybridized carbons (Fsp3) is 0.0690. The number of nitrogens with zero attached hydrogens (tertiary/aromatic N) is 2. The molecule has 0 aliphatic carbocycles. The molecule has 0 aliphatic rings. The van der Waals surface area contributed by atoms with E-state index in [1.54, 1.807) is 66.7 Å². The number of nitriles is 2. The van der Waals surface area contributed by atoms with E-state index < -0.39 is 6.03 Å². The van der Waals surface area contributed by atoms with Crippen molar-refractivity contribution in [2.24, 2.45) is 0 Å². The highest BCUT2D eigenvalue weighted by Gasteiger charge is 2.10. The van der Waals surface area contributed by atoms with Crippen molar-refractivity contribution in [3.05, 3.63) is 106 Å². The van der Waals surface area contributed by atoms with Gasteiger partial charge in [-0.3, -0.25) is 0 Å². The van der Waals surface area contributed by atoms with Crippen LogP contribution in [0, 0.1) is 36.5 Å². The van der Waals surface area contributed by atoms with Crippen molar-refractivity contribution in [1.82, 2.24) is 0 Å². The smallest absolute Gasteiger partial charge is 0.323 e. The summed E-state index contributed by atoms with van der Waals surface area (Å²) in [6, 6.07) is 25.9. The summed E-state index contributed by atoms with van der Waals surface area (Å²) in [5, 5.41) is 23.9. The van der Waals surface area contributed by atoms with E-state index in [1.165, 1.54) is 0 Å². The van der Waals surface area contributed by atoms with Crippen molar-refractivity contribution < 1.29 is 14.3 Å². The molecule has 4 rings (SSSR count). The predicted octanol–water partition coefficient (Wildman–Crippen LogP) is 7.93. The highest BCUT2D eigenvalue weighted by Crippen LogP contribution is 2.31. The fourth-order valence-electron chi connectivity index (χ4n) is 3.37. The second-order valence-corrected chi connectivity index (χ2v) is 8.54. The molecule has 2 amide bonds. The molecule has 0 fully saturated rings. The summed E-state index contributed by atoms with van der Waals surface area (Å²) in [6.07, 6.45) is 0. The number of benzene rings is 4. The Hall–Kier alpha value is -4.98. The van der Waals surface area contributed by atoms with Crippen LogP contribution < -0.4 is 20.1 Å². The number of ether oxygens (including phenoxy) is 2. The third-order valence-electron chi connectivity index (χ3n) is 5.39. The number of halogens is 1. The molecular weight excluding hydrogens is 488 g/mol. The third-order valence-corrected chi connectivity index (χ3v) is 5.70. The zero-order valence-corrected chi connectivity index (χ0v) is 20.8. The Bertz CT molecular complexity index is 1550. The van der Waals surface area contributed by atoms with Crippen molar-refractivity contribution in [2.45, 2.75) is 13.8 Å². The Morgan fingerprint density at radius 1 is 0.730 bits per heavy atom. The highest BCUT2D eigenvalue weighted by atomic mass is 35.5. The van der Waals surface area contributed by atoms with E-state index in [-0.39, 0.29) is 0 Å². The molecule has 7 nitrogen and oxygen atoms in total. The maximum absolute atomic E-state index is 12.7. The van der Waals surface area contributed by atoms with Gasteiger partial charge in [-0.05, 0) is 73.5 Å². The van der Waals surface area contributed by atoms with Crippen LogP contribution >= 0.6 is 11.6 Å². The molecule has 0 aliphatic heterocycles. The van der Waals surface area contributed by atoms with Gasteiger partial charge in [0.1, 0.15) is 29.1 Å². The Balaban J connectivity index is 1.44. The number of nitrogens with one attached hydrogen (secondary N) is 2. The average molecular weight is 509 g/mol. The molecule has 37 heavy (non-hydrogen) atoms. The molecule has 0 spiro atoms. The normalized spacial score (nSPS) is 10.1. The second kappa shape index (κ2) is 11.2. The maximum Gasteiger partial charge on any atom is 0.323 e. The molecule has 0 aromatic heterocycles. The van der Waals surface area contributed by atoms with Gasteiger partial charge in [-0.2, -0.15) is 10.5 Å². The van der Waals surface area contributed by atoms with E-state index in [1.807, 2.05) is 32.0 Å². The average Bonchev–Trinajstić information content (AvgIpc) is 2.88. The molecule has 8 heteroatoms. The number of carbonyl (C=O) groups excluding carboxylic acids is 1. The molecule has 182 valence electrons. The van der Waals surface area contributed by atoms with Crippen LogP contribution in [0.4, 0.5) is 16.2 Å². The largest absolute Gasteiger partial charge is 0.457 e. The molecule has 0 saturated heterocycles. The minimum Gasteiger partial charge on any atom is -0.457 e. The number of hydrogen-bond donors (Lipinski definition) is 2. The lowest BCUT2D eigenvalue weighted by atomic mass is 10.2. The van der Waals surface area contributed by atoms with E-state index in [2.05, 4.69) is 16.7 Å². The van der Waals surface area contributed by atoms with Crippen LogP contribution in [0.25, 0.3) is 0 Å². The van der Waals surface area contributed by atoms with Gasteiger partial charge < -0.3 is 20.1 Å². The summed E-state index contributed by atoms with van der Waals surface area (Å²) < 4.78 is 11.9. The molecule has 0 heterocycles. The molecule has 0 bridgehead atoms. The first-order chi connectivity index (χ1) is 17.8. The molecule has 4 aromatic rings. The Morgan fingerprint density at radius 3 is 1.78 bits per heavy atom. The van der Waals surface area contributed by atoms with Gasteiger partial charge in [0.2, 0.25) is 0 Å². The SMILES string of the molecule is Cc1ccc(NC(=O)Nc2ccc(C)c(Oc3ccc(C#N)c(Cl)c3)c2)cc1Oc1ccc(C#N)cc1. The van der Waals surface area contributed by atoms with Gasteiger partial charge in [0.05, 0.1) is 22.2 Å². The monoisotopic (exact) mass is 508 g/mol. The van der Waals surface area contributed by atoms with E-state index in [4.69, 9.17) is 31.6 Å². The third kappa shape index (κ3) is 6.37. The first-order valence-electron chi connectivity index (χ1n) is 11.2. The first kappa shape index (κ1) is 25.1. The Labute approximate surface area is 219 Å². The quantitative estimate of drug-likeness (QED) is 0.275. The summed E-state index contributed by atoms with van der Waals surface area (Å²) in [4.78, 5) is 12.7. The van der Waals surface area contributed by atoms with E-state index >= 15 is 0 Å². The van der Waals surface area contributed by atoms with Gasteiger partial charge in [0, 0.05) is 29.6 Å². The summed E-state index contributed by atoms with van der Waals surface area (Å²) in [5.41, 5.74) is 3.72. The fourth-order valence-corrected chi connectivity index (χ4v) is 3.58. The topological polar surface area (TPSA) is 107 Å². The van der Waals surface area contributed by atoms with Crippen molar-refractivity contribution in [1.29, 1.82) is 10.5 Å². The standard InChI is InChI=1S/C29H21ClN4O3/c1-18-3-8-22(13-27(18)36-24-10-5-20(16-31)6-11-24)33-29(35)34-23-9-4-19(2)28(14-23)37-25-12-7-21(17-32)26(30)15-25/h3-15H,1-2H3,(H2,33,34,35). The number of urea groups is 1. The number of aryl methyl sites for hydroxylation is 2. The van der Waals surface area contributed by atoms with Crippen molar-refractivity contribution in [3.63, 3.8) is 0 Å². The lowest BCUT2D eigenvalue weighted by Crippen LogP contribution is -2.19. The van der Waals surface area contributed by atoms with Crippen LogP contribution in [0.1, 0.15) is 22.3 Å². The molecule has 0 saturated carbocycles. The molecular formula is C29H21ClN4O3. The van der Waals surface area contributed by atoms with Crippen LogP contribution in [0.2, 0.25) is 5.02 Å². The van der Waals surface area contributed by atoms with Crippen molar-refractivity contribution >= 4 is 29.0 Å². The van der Waals surface area contributed by atoms with Gasteiger partial charge in [-0.25, -0.2) is 4.79 Å². The van der Waals surface area contributed by atoms with Crippen LogP contribution in [0.15, 0.2) is 78.9 Å². The van der Waals surface area contributed by atoms with Crippen LogP contribution in [0.3, 0.4) is 0 Å². The van der Waals surface area contributed by atoms with Gasteiger partial charge >= 0.3 is 6.03 Å². The molecule has 4 aromatic carbocycles. The van der Waals surface area contributed by atoms with Gasteiger partial charge in [0.25, 0.3) is 0 Å². The van der Waals surface area contributed by atoms with Crippen LogP contribution in [-0.4, -0.2) is 6.03 Å². The van der Waals surface area contributed by atoms with Crippen molar-refractivity contribution in [2.75, 3.05) is 10.6 Å². The minimum atomic E-state index is -0.440. The lowest BCUT2D eigenvalue weighted by molar-refractivity contribution is 0.262. The zero-order chi connectivity index (χ0) is 26.4. The Morgan fingerprint density at radius 2 is 1.27 bits per heavy atom. The van der Waals surface area contributed by atoms with Crippen LogP contribution in [-0.2, 0) is 0 Å². The van der Waals surface area contributed by atoms with E-state index in [0.29, 0.717) is 50.5 Å². The second-order valence-electron chi connectivity index (χ2n) is 8.13. The first-order valence-corrected chi connectivity index (χ1v) is 11.6. The number of rotatable bonds is 6. The number of carbonyl (C=O) groups is 1. The summed E-state index contributed by atoms with van der Waals surface area (Å²) >= 11 is 6.10. The predicted molar refractivity (Wildman–Crippen MR) is 142 cm³/mol. The lowest BCUT2D eigenvalue weighted by Gasteiger charge is -2.14. The van der Waals surface area contributed by atoms with E-state index in [0.717, 1.165) is 11.1 Å². The number of anilines is 2. The van der Waals surface area contributed by atoms with Gasteiger partial charge in [-0.1, -0.05) is 23.7 Å². The minimum absolute atomic E-state index is 0.298. The van der Waals surface area contributed by atoms with Gasteiger partial charge in [-0.15, -0.1) is 0 Å². The summed E-state index contributed by atoms with van der Waals surface area (Å²) in [7, 11) is 0. The summed E-state index contributed by atoms with van der Waals surface area (Å²) in [6.45, 7) is 3.78. The highest BCUT2D eigenvalue weighted by molar-refractivity contribution is 6.31.